The molecule has 1 nitrogen and oxygen atoms in total. The van der Waals surface area contributed by atoms with Gasteiger partial charge in [0.15, 0.2) is 0 Å². The summed E-state index contributed by atoms with van der Waals surface area (Å²) in [4.78, 5) is 0. The molecular formula is C19H39IOSi. The fourth-order valence-electron chi connectivity index (χ4n) is 2.59. The van der Waals surface area contributed by atoms with E-state index in [0.29, 0.717) is 0 Å². The Balaban J connectivity index is 3.04. The highest BCUT2D eigenvalue weighted by atomic mass is 127. The Morgan fingerprint density at radius 3 is 1.64 bits per heavy atom. The van der Waals surface area contributed by atoms with Crippen molar-refractivity contribution in [2.45, 2.75) is 96.7 Å². The quantitative estimate of drug-likeness (QED) is 0.0796. The highest BCUT2D eigenvalue weighted by Gasteiger charge is 2.14. The molecule has 0 radical (unpaired) electrons. The van der Waals surface area contributed by atoms with Gasteiger partial charge in [0.05, 0.1) is 6.61 Å². The molecule has 0 saturated heterocycles. The number of hydrogen-bond acceptors (Lipinski definition) is 1. The maximum absolute atomic E-state index is 5.51. The molecule has 0 rings (SSSR count). The number of rotatable bonds is 16. The standard InChI is InChI=1S/C19H39IOSi/c1-19(2)18-21-16-14-12-10-8-6-5-7-9-11-13-15-17-22(3,4)20/h1,5-18H2,2-4H3. The van der Waals surface area contributed by atoms with E-state index in [9.17, 15) is 0 Å². The van der Waals surface area contributed by atoms with Gasteiger partial charge in [0.1, 0.15) is 5.57 Å². The van der Waals surface area contributed by atoms with Crippen LogP contribution in [-0.4, -0.2) is 18.8 Å². The SMILES string of the molecule is C=C(C)COCCCCCCCCCCCCC[Si](C)(C)I. The molecule has 0 heterocycles. The molecular weight excluding hydrogens is 399 g/mol. The topological polar surface area (TPSA) is 9.23 Å². The van der Waals surface area contributed by atoms with Crippen LogP contribution >= 0.6 is 21.8 Å². The maximum Gasteiger partial charge on any atom is 0.119 e. The third-order valence-corrected chi connectivity index (χ3v) is 7.07. The minimum absolute atomic E-state index is 0.734. The minimum atomic E-state index is -0.809. The fourth-order valence-corrected chi connectivity index (χ4v) is 4.82. The average molecular weight is 439 g/mol. The largest absolute Gasteiger partial charge is 0.377 e. The number of unbranched alkanes of at least 4 members (excludes halogenated alkanes) is 10. The third-order valence-electron chi connectivity index (χ3n) is 3.91. The van der Waals surface area contributed by atoms with Crippen molar-refractivity contribution in [1.82, 2.24) is 0 Å². The predicted molar refractivity (Wildman–Crippen MR) is 113 cm³/mol. The van der Waals surface area contributed by atoms with Crippen LogP contribution in [-0.2, 0) is 4.74 Å². The van der Waals surface area contributed by atoms with E-state index in [1.54, 1.807) is 0 Å². The Morgan fingerprint density at radius 1 is 0.818 bits per heavy atom. The van der Waals surface area contributed by atoms with Crippen LogP contribution in [0.4, 0.5) is 0 Å². The van der Waals surface area contributed by atoms with E-state index in [0.717, 1.165) is 18.8 Å². The molecule has 0 atom stereocenters. The summed E-state index contributed by atoms with van der Waals surface area (Å²) in [7, 11) is 0. The highest BCUT2D eigenvalue weighted by molar-refractivity contribution is 14.1. The molecule has 0 amide bonds. The smallest absolute Gasteiger partial charge is 0.119 e. The Bertz CT molecular complexity index is 261. The molecule has 0 bridgehead atoms. The van der Waals surface area contributed by atoms with Gasteiger partial charge in [-0.2, -0.15) is 0 Å². The lowest BCUT2D eigenvalue weighted by Crippen LogP contribution is -2.13. The molecule has 0 aromatic heterocycles. The van der Waals surface area contributed by atoms with Crippen LogP contribution in [0.15, 0.2) is 12.2 Å². The second-order valence-corrected chi connectivity index (χ2v) is 20.1. The first-order chi connectivity index (χ1) is 10.4. The molecule has 0 aromatic carbocycles. The van der Waals surface area contributed by atoms with E-state index in [2.05, 4.69) is 41.5 Å². The molecule has 0 aliphatic rings. The zero-order valence-corrected chi connectivity index (χ0v) is 18.6. The Labute approximate surface area is 153 Å². The van der Waals surface area contributed by atoms with Gasteiger partial charge in [-0.3, -0.25) is 0 Å². The molecule has 132 valence electrons. The normalized spacial score (nSPS) is 11.8. The van der Waals surface area contributed by atoms with E-state index >= 15 is 0 Å². The van der Waals surface area contributed by atoms with Crippen LogP contribution in [0.2, 0.25) is 19.1 Å². The Hall–Kier alpha value is 0.647. The summed E-state index contributed by atoms with van der Waals surface area (Å²) >= 11 is 2.70. The van der Waals surface area contributed by atoms with Gasteiger partial charge < -0.3 is 4.74 Å². The maximum atomic E-state index is 5.51. The lowest BCUT2D eigenvalue weighted by atomic mass is 10.1. The van der Waals surface area contributed by atoms with Gasteiger partial charge in [-0.1, -0.05) is 89.5 Å². The van der Waals surface area contributed by atoms with E-state index in [4.69, 9.17) is 4.74 Å². The van der Waals surface area contributed by atoms with Gasteiger partial charge in [0, 0.05) is 6.61 Å². The lowest BCUT2D eigenvalue weighted by molar-refractivity contribution is 0.151. The summed E-state index contributed by atoms with van der Waals surface area (Å²) in [6.45, 7) is 12.4. The Kier molecular flexibility index (Phi) is 15.6. The first-order valence-electron chi connectivity index (χ1n) is 9.33. The van der Waals surface area contributed by atoms with Crippen LogP contribution in [0.5, 0.6) is 0 Å². The van der Waals surface area contributed by atoms with Crippen LogP contribution in [0, 0.1) is 0 Å². The molecule has 0 N–H and O–H groups in total. The van der Waals surface area contributed by atoms with Gasteiger partial charge in [0.2, 0.25) is 0 Å². The van der Waals surface area contributed by atoms with Crippen molar-refractivity contribution >= 4 is 27.4 Å². The summed E-state index contributed by atoms with van der Waals surface area (Å²) < 4.78 is 5.51. The number of halogens is 1. The summed E-state index contributed by atoms with van der Waals surface area (Å²) in [5, 5.41) is 0. The summed E-state index contributed by atoms with van der Waals surface area (Å²) in [5.74, 6) is 0. The van der Waals surface area contributed by atoms with Gasteiger partial charge in [0.25, 0.3) is 0 Å². The van der Waals surface area contributed by atoms with Crippen LogP contribution in [0.1, 0.15) is 77.6 Å². The van der Waals surface area contributed by atoms with Gasteiger partial charge in [-0.15, -0.1) is 21.8 Å². The molecule has 0 saturated carbocycles. The second-order valence-electron chi connectivity index (χ2n) is 7.37. The van der Waals surface area contributed by atoms with Crippen molar-refractivity contribution in [2.75, 3.05) is 13.2 Å². The number of hydrogen-bond donors (Lipinski definition) is 0. The van der Waals surface area contributed by atoms with E-state index in [-0.39, 0.29) is 0 Å². The molecule has 0 aliphatic heterocycles. The van der Waals surface area contributed by atoms with Crippen LogP contribution in [0.25, 0.3) is 0 Å². The zero-order valence-electron chi connectivity index (χ0n) is 15.4. The summed E-state index contributed by atoms with van der Waals surface area (Å²) in [6.07, 6.45) is 15.5. The fraction of sp³-hybridized carbons (Fsp3) is 0.895. The summed E-state index contributed by atoms with van der Waals surface area (Å²) in [5.41, 5.74) is 0.316. The van der Waals surface area contributed by atoms with Gasteiger partial charge in [-0.25, -0.2) is 0 Å². The molecule has 0 aromatic rings. The molecule has 0 aliphatic carbocycles. The zero-order chi connectivity index (χ0) is 16.7. The molecule has 3 heteroatoms. The van der Waals surface area contributed by atoms with Crippen molar-refractivity contribution in [1.29, 1.82) is 0 Å². The van der Waals surface area contributed by atoms with Crippen molar-refractivity contribution < 1.29 is 4.74 Å². The molecule has 0 fully saturated rings. The van der Waals surface area contributed by atoms with Crippen molar-refractivity contribution in [3.05, 3.63) is 12.2 Å². The first kappa shape index (κ1) is 22.6. The third kappa shape index (κ3) is 20.6. The van der Waals surface area contributed by atoms with Crippen molar-refractivity contribution in [2.24, 2.45) is 0 Å². The molecule has 0 unspecified atom stereocenters. The van der Waals surface area contributed by atoms with Crippen LogP contribution < -0.4 is 0 Å². The van der Waals surface area contributed by atoms with Gasteiger partial charge in [-0.05, 0) is 19.4 Å². The lowest BCUT2D eigenvalue weighted by Gasteiger charge is -2.12. The van der Waals surface area contributed by atoms with Gasteiger partial charge >= 0.3 is 0 Å². The minimum Gasteiger partial charge on any atom is -0.377 e. The predicted octanol–water partition coefficient (Wildman–Crippen LogP) is 7.51. The second kappa shape index (κ2) is 15.2. The van der Waals surface area contributed by atoms with Crippen LogP contribution in [0.3, 0.4) is 0 Å². The molecule has 0 spiro atoms. The van der Waals surface area contributed by atoms with E-state index < -0.39 is 5.57 Å². The number of ether oxygens (including phenoxy) is 1. The highest BCUT2D eigenvalue weighted by Crippen LogP contribution is 2.21. The van der Waals surface area contributed by atoms with Crippen molar-refractivity contribution in [3.8, 4) is 0 Å². The first-order valence-corrected chi connectivity index (χ1v) is 15.6. The Morgan fingerprint density at radius 2 is 1.23 bits per heavy atom. The average Bonchev–Trinajstić information content (AvgIpc) is 2.41. The monoisotopic (exact) mass is 438 g/mol. The molecule has 22 heavy (non-hydrogen) atoms. The van der Waals surface area contributed by atoms with E-state index in [1.165, 1.54) is 76.7 Å². The van der Waals surface area contributed by atoms with E-state index in [1.807, 2.05) is 6.92 Å². The van der Waals surface area contributed by atoms with Crippen molar-refractivity contribution in [3.63, 3.8) is 0 Å². The summed E-state index contributed by atoms with van der Waals surface area (Å²) in [6, 6.07) is 1.50.